The molecule has 0 aliphatic carbocycles. The molecule has 0 saturated carbocycles. The molecule has 0 fully saturated rings. The van der Waals surface area contributed by atoms with Gasteiger partial charge in [0.25, 0.3) is 5.91 Å². The Labute approximate surface area is 259 Å². The maximum atomic E-state index is 13.3. The predicted octanol–water partition coefficient (Wildman–Crippen LogP) is 7.82. The minimum atomic E-state index is -4.46. The number of rotatable bonds is 8. The molecular formula is C35H34F3N3O4. The molecule has 3 amide bonds. The fraction of sp³-hybridized carbons (Fsp3) is 0.229. The molecule has 0 unspecified atom stereocenters. The Kier molecular flexibility index (Phi) is 9.96. The normalized spacial score (nSPS) is 12.2. The minimum Gasteiger partial charge on any atom is -0.444 e. The van der Waals surface area contributed by atoms with E-state index in [9.17, 15) is 27.6 Å². The standard InChI is InChI=1S/C35H34F3N3O4/c1-22-20-23(21-39-32(43)30(25-10-6-5-7-11-25)41-33(44)45-34(2,3)4)14-19-29(22)40-31(42)28-13-9-8-12-27(28)24-15-17-26(18-16-24)35(36,37)38/h5-20,30H,21H2,1-4H3,(H,39,43)(H,40,42)(H,41,44)/t30-/m0/s1. The summed E-state index contributed by atoms with van der Waals surface area (Å²) in [6, 6.07) is 24.5. The van der Waals surface area contributed by atoms with Gasteiger partial charge < -0.3 is 20.7 Å². The summed E-state index contributed by atoms with van der Waals surface area (Å²) >= 11 is 0. The van der Waals surface area contributed by atoms with Crippen LogP contribution < -0.4 is 16.0 Å². The zero-order valence-corrected chi connectivity index (χ0v) is 25.3. The van der Waals surface area contributed by atoms with E-state index in [0.29, 0.717) is 27.9 Å². The third-order valence-electron chi connectivity index (χ3n) is 6.76. The molecule has 0 aliphatic rings. The van der Waals surface area contributed by atoms with Crippen LogP contribution in [0.5, 0.6) is 0 Å². The molecular weight excluding hydrogens is 583 g/mol. The lowest BCUT2D eigenvalue weighted by atomic mass is 9.98. The first kappa shape index (κ1) is 32.8. The third-order valence-corrected chi connectivity index (χ3v) is 6.76. The molecule has 234 valence electrons. The van der Waals surface area contributed by atoms with E-state index in [1.807, 2.05) is 12.1 Å². The monoisotopic (exact) mass is 617 g/mol. The van der Waals surface area contributed by atoms with Crippen molar-refractivity contribution in [3.63, 3.8) is 0 Å². The number of ether oxygens (including phenoxy) is 1. The van der Waals surface area contributed by atoms with Gasteiger partial charge in [-0.1, -0.05) is 72.8 Å². The van der Waals surface area contributed by atoms with Crippen molar-refractivity contribution in [1.82, 2.24) is 10.6 Å². The van der Waals surface area contributed by atoms with Crippen molar-refractivity contribution in [3.05, 3.63) is 125 Å². The van der Waals surface area contributed by atoms with Crippen LogP contribution in [0.15, 0.2) is 97.1 Å². The summed E-state index contributed by atoms with van der Waals surface area (Å²) in [6.07, 6.45) is -5.18. The Balaban J connectivity index is 1.44. The lowest BCUT2D eigenvalue weighted by molar-refractivity contribution is -0.137. The summed E-state index contributed by atoms with van der Waals surface area (Å²) in [5, 5.41) is 8.37. The van der Waals surface area contributed by atoms with Crippen LogP contribution in [0, 0.1) is 6.92 Å². The summed E-state index contributed by atoms with van der Waals surface area (Å²) in [5.74, 6) is -0.851. The maximum Gasteiger partial charge on any atom is 0.416 e. The quantitative estimate of drug-likeness (QED) is 0.188. The van der Waals surface area contributed by atoms with Crippen LogP contribution in [-0.2, 0) is 22.3 Å². The van der Waals surface area contributed by atoms with Gasteiger partial charge >= 0.3 is 12.3 Å². The van der Waals surface area contributed by atoms with Gasteiger partial charge in [-0.05, 0) is 79.8 Å². The molecule has 3 N–H and O–H groups in total. The Hall–Kier alpha value is -5.12. The zero-order valence-electron chi connectivity index (χ0n) is 25.3. The number of alkyl halides is 3. The lowest BCUT2D eigenvalue weighted by Gasteiger charge is -2.23. The highest BCUT2D eigenvalue weighted by Crippen LogP contribution is 2.32. The molecule has 0 aliphatic heterocycles. The summed E-state index contributed by atoms with van der Waals surface area (Å²) in [7, 11) is 0. The topological polar surface area (TPSA) is 96.5 Å². The smallest absolute Gasteiger partial charge is 0.416 e. The highest BCUT2D eigenvalue weighted by molar-refractivity contribution is 6.09. The third kappa shape index (κ3) is 8.95. The van der Waals surface area contributed by atoms with E-state index in [1.54, 1.807) is 88.4 Å². The number of halogens is 3. The molecule has 0 saturated heterocycles. The summed E-state index contributed by atoms with van der Waals surface area (Å²) in [5.41, 5.74) is 2.38. The molecule has 4 aromatic carbocycles. The summed E-state index contributed by atoms with van der Waals surface area (Å²) < 4.78 is 44.4. The number of carbonyl (C=O) groups excluding carboxylic acids is 3. The molecule has 7 nitrogen and oxygen atoms in total. The van der Waals surface area contributed by atoms with Crippen LogP contribution >= 0.6 is 0 Å². The molecule has 0 heterocycles. The largest absolute Gasteiger partial charge is 0.444 e. The van der Waals surface area contributed by atoms with Crippen LogP contribution in [0.2, 0.25) is 0 Å². The van der Waals surface area contributed by atoms with Gasteiger partial charge in [-0.15, -0.1) is 0 Å². The highest BCUT2D eigenvalue weighted by atomic mass is 19.4. The summed E-state index contributed by atoms with van der Waals surface area (Å²) in [6.45, 7) is 7.16. The Morgan fingerprint density at radius 1 is 0.822 bits per heavy atom. The number of carbonyl (C=O) groups is 3. The molecule has 1 atom stereocenters. The Bertz CT molecular complexity index is 1660. The first-order valence-electron chi connectivity index (χ1n) is 14.2. The first-order valence-corrected chi connectivity index (χ1v) is 14.2. The van der Waals surface area contributed by atoms with Crippen LogP contribution in [0.25, 0.3) is 11.1 Å². The van der Waals surface area contributed by atoms with Gasteiger partial charge in [-0.3, -0.25) is 9.59 Å². The lowest BCUT2D eigenvalue weighted by Crippen LogP contribution is -2.42. The van der Waals surface area contributed by atoms with E-state index in [2.05, 4.69) is 16.0 Å². The first-order chi connectivity index (χ1) is 21.2. The van der Waals surface area contributed by atoms with Crippen molar-refractivity contribution in [1.29, 1.82) is 0 Å². The number of hydrogen-bond acceptors (Lipinski definition) is 4. The van der Waals surface area contributed by atoms with E-state index >= 15 is 0 Å². The van der Waals surface area contributed by atoms with Crippen molar-refractivity contribution in [2.75, 3.05) is 5.32 Å². The number of amides is 3. The van der Waals surface area contributed by atoms with Crippen molar-refractivity contribution < 1.29 is 32.3 Å². The number of benzene rings is 4. The van der Waals surface area contributed by atoms with Gasteiger partial charge in [0.15, 0.2) is 0 Å². The predicted molar refractivity (Wildman–Crippen MR) is 166 cm³/mol. The van der Waals surface area contributed by atoms with Gasteiger partial charge in [-0.2, -0.15) is 13.2 Å². The van der Waals surface area contributed by atoms with Crippen molar-refractivity contribution in [2.45, 2.75) is 52.1 Å². The van der Waals surface area contributed by atoms with E-state index in [4.69, 9.17) is 4.74 Å². The van der Waals surface area contributed by atoms with Crippen LogP contribution in [0.4, 0.5) is 23.7 Å². The number of nitrogens with one attached hydrogen (secondary N) is 3. The van der Waals surface area contributed by atoms with Crippen LogP contribution in [-0.4, -0.2) is 23.5 Å². The Morgan fingerprint density at radius 2 is 1.47 bits per heavy atom. The number of anilines is 1. The minimum absolute atomic E-state index is 0.157. The SMILES string of the molecule is Cc1cc(CNC(=O)[C@@H](NC(=O)OC(C)(C)C)c2ccccc2)ccc1NC(=O)c1ccccc1-c1ccc(C(F)(F)F)cc1. The van der Waals surface area contributed by atoms with E-state index < -0.39 is 41.3 Å². The Morgan fingerprint density at radius 3 is 2.09 bits per heavy atom. The number of hydrogen-bond donors (Lipinski definition) is 3. The molecule has 4 rings (SSSR count). The fourth-order valence-corrected chi connectivity index (χ4v) is 4.60. The van der Waals surface area contributed by atoms with Gasteiger partial charge in [0, 0.05) is 17.8 Å². The van der Waals surface area contributed by atoms with Crippen molar-refractivity contribution in [2.24, 2.45) is 0 Å². The molecule has 0 radical (unpaired) electrons. The molecule has 0 bridgehead atoms. The molecule has 10 heteroatoms. The maximum absolute atomic E-state index is 13.3. The molecule has 4 aromatic rings. The van der Waals surface area contributed by atoms with Crippen LogP contribution in [0.1, 0.15) is 59.4 Å². The second-order valence-corrected chi connectivity index (χ2v) is 11.4. The molecule has 0 spiro atoms. The van der Waals surface area contributed by atoms with Gasteiger partial charge in [-0.25, -0.2) is 4.79 Å². The van der Waals surface area contributed by atoms with Crippen molar-refractivity contribution in [3.8, 4) is 11.1 Å². The second kappa shape index (κ2) is 13.7. The van der Waals surface area contributed by atoms with E-state index in [-0.39, 0.29) is 6.54 Å². The number of aryl methyl sites for hydroxylation is 1. The van der Waals surface area contributed by atoms with Gasteiger partial charge in [0.2, 0.25) is 5.91 Å². The van der Waals surface area contributed by atoms with Crippen molar-refractivity contribution >= 4 is 23.6 Å². The fourth-order valence-electron chi connectivity index (χ4n) is 4.60. The van der Waals surface area contributed by atoms with E-state index in [1.165, 1.54) is 12.1 Å². The zero-order chi connectivity index (χ0) is 32.8. The molecule has 45 heavy (non-hydrogen) atoms. The summed E-state index contributed by atoms with van der Waals surface area (Å²) in [4.78, 5) is 38.9. The average Bonchev–Trinajstić information content (AvgIpc) is 2.99. The molecule has 0 aromatic heterocycles. The van der Waals surface area contributed by atoms with E-state index in [0.717, 1.165) is 23.3 Å². The average molecular weight is 618 g/mol. The van der Waals surface area contributed by atoms with Crippen LogP contribution in [0.3, 0.4) is 0 Å². The highest BCUT2D eigenvalue weighted by Gasteiger charge is 2.30. The van der Waals surface area contributed by atoms with Gasteiger partial charge in [0.05, 0.1) is 5.56 Å². The second-order valence-electron chi connectivity index (χ2n) is 11.4. The number of alkyl carbamates (subject to hydrolysis) is 1. The van der Waals surface area contributed by atoms with Gasteiger partial charge in [0.1, 0.15) is 11.6 Å².